The van der Waals surface area contributed by atoms with E-state index in [-0.39, 0.29) is 5.38 Å². The number of rotatable bonds is 2. The fourth-order valence-electron chi connectivity index (χ4n) is 1.81. The summed E-state index contributed by atoms with van der Waals surface area (Å²) in [6, 6.07) is 11.7. The van der Waals surface area contributed by atoms with E-state index in [4.69, 9.17) is 27.6 Å². The van der Waals surface area contributed by atoms with Gasteiger partial charge in [0.15, 0.2) is 5.22 Å². The van der Waals surface area contributed by atoms with Crippen molar-refractivity contribution in [2.45, 2.75) is 5.38 Å². The quantitative estimate of drug-likeness (QED) is 0.568. The topological polar surface area (TPSA) is 13.1 Å². The zero-order valence-corrected chi connectivity index (χ0v) is 11.0. The smallest absolute Gasteiger partial charge is 0.193 e. The predicted octanol–water partition coefficient (Wildman–Crippen LogP) is 5.48. The Balaban J connectivity index is 2.09. The standard InChI is InChI=1S/C13H8Cl2OS/c14-12-6-5-10(16-12)13(15)9-7-17-11-4-2-1-3-8(9)11/h1-7,13H. The van der Waals surface area contributed by atoms with Gasteiger partial charge in [0.25, 0.3) is 0 Å². The number of hydrogen-bond donors (Lipinski definition) is 0. The number of halogens is 2. The van der Waals surface area contributed by atoms with E-state index in [1.807, 2.05) is 18.2 Å². The SMILES string of the molecule is Clc1ccc(C(Cl)c2csc3ccccc23)o1. The van der Waals surface area contributed by atoms with Gasteiger partial charge in [0.05, 0.1) is 0 Å². The molecule has 86 valence electrons. The summed E-state index contributed by atoms with van der Waals surface area (Å²) < 4.78 is 6.58. The number of fused-ring (bicyclic) bond motifs is 1. The normalized spacial score (nSPS) is 13.1. The lowest BCUT2D eigenvalue weighted by atomic mass is 10.1. The average molecular weight is 283 g/mol. The van der Waals surface area contributed by atoms with E-state index in [1.54, 1.807) is 17.4 Å². The first kappa shape index (κ1) is 11.1. The molecule has 0 bridgehead atoms. The van der Waals surface area contributed by atoms with Gasteiger partial charge in [-0.15, -0.1) is 22.9 Å². The lowest BCUT2D eigenvalue weighted by molar-refractivity contribution is 0.519. The molecule has 0 spiro atoms. The first-order valence-electron chi connectivity index (χ1n) is 5.11. The van der Waals surface area contributed by atoms with E-state index in [0.717, 1.165) is 5.56 Å². The lowest BCUT2D eigenvalue weighted by Gasteiger charge is -2.04. The zero-order valence-electron chi connectivity index (χ0n) is 8.69. The van der Waals surface area contributed by atoms with Crippen LogP contribution in [0, 0.1) is 0 Å². The molecule has 0 radical (unpaired) electrons. The van der Waals surface area contributed by atoms with Crippen LogP contribution in [0.5, 0.6) is 0 Å². The molecule has 1 unspecified atom stereocenters. The third-order valence-corrected chi connectivity index (χ3v) is 4.26. The van der Waals surface area contributed by atoms with E-state index in [0.29, 0.717) is 11.0 Å². The van der Waals surface area contributed by atoms with E-state index in [2.05, 4.69) is 17.5 Å². The monoisotopic (exact) mass is 282 g/mol. The number of thiophene rings is 1. The van der Waals surface area contributed by atoms with Gasteiger partial charge in [0, 0.05) is 4.70 Å². The molecular weight excluding hydrogens is 275 g/mol. The molecule has 0 N–H and O–H groups in total. The van der Waals surface area contributed by atoms with Crippen molar-refractivity contribution in [1.82, 2.24) is 0 Å². The van der Waals surface area contributed by atoms with Crippen LogP contribution in [-0.4, -0.2) is 0 Å². The van der Waals surface area contributed by atoms with Gasteiger partial charge in [-0.2, -0.15) is 0 Å². The van der Waals surface area contributed by atoms with Crippen LogP contribution in [0.25, 0.3) is 10.1 Å². The molecule has 1 atom stereocenters. The highest BCUT2D eigenvalue weighted by molar-refractivity contribution is 7.17. The van der Waals surface area contributed by atoms with Crippen molar-refractivity contribution in [3.05, 3.63) is 58.3 Å². The molecule has 17 heavy (non-hydrogen) atoms. The van der Waals surface area contributed by atoms with Gasteiger partial charge in [-0.3, -0.25) is 0 Å². The van der Waals surface area contributed by atoms with Crippen LogP contribution in [0.3, 0.4) is 0 Å². The van der Waals surface area contributed by atoms with Gasteiger partial charge in [-0.05, 0) is 46.1 Å². The zero-order chi connectivity index (χ0) is 11.8. The van der Waals surface area contributed by atoms with Crippen molar-refractivity contribution >= 4 is 44.6 Å². The largest absolute Gasteiger partial charge is 0.448 e. The van der Waals surface area contributed by atoms with Gasteiger partial charge < -0.3 is 4.42 Å². The maximum absolute atomic E-state index is 6.42. The second-order valence-corrected chi connectivity index (χ2v) is 5.41. The van der Waals surface area contributed by atoms with Crippen molar-refractivity contribution in [3.8, 4) is 0 Å². The van der Waals surface area contributed by atoms with Gasteiger partial charge in [-0.25, -0.2) is 0 Å². The number of hydrogen-bond acceptors (Lipinski definition) is 2. The van der Waals surface area contributed by atoms with Crippen molar-refractivity contribution in [3.63, 3.8) is 0 Å². The van der Waals surface area contributed by atoms with Crippen LogP contribution in [0.1, 0.15) is 16.7 Å². The van der Waals surface area contributed by atoms with E-state index in [9.17, 15) is 0 Å². The van der Waals surface area contributed by atoms with Gasteiger partial charge in [0.1, 0.15) is 11.1 Å². The molecular formula is C13H8Cl2OS. The Bertz CT molecular complexity index is 656. The highest BCUT2D eigenvalue weighted by atomic mass is 35.5. The van der Waals surface area contributed by atoms with Gasteiger partial charge in [-0.1, -0.05) is 18.2 Å². The third kappa shape index (κ3) is 1.97. The van der Waals surface area contributed by atoms with Crippen LogP contribution < -0.4 is 0 Å². The Morgan fingerprint density at radius 2 is 1.94 bits per heavy atom. The Labute approximate surface area is 113 Å². The van der Waals surface area contributed by atoms with Gasteiger partial charge >= 0.3 is 0 Å². The third-order valence-electron chi connectivity index (χ3n) is 2.63. The highest BCUT2D eigenvalue weighted by Gasteiger charge is 2.18. The first-order valence-corrected chi connectivity index (χ1v) is 6.80. The second-order valence-electron chi connectivity index (χ2n) is 3.69. The molecule has 0 aliphatic carbocycles. The molecule has 1 nitrogen and oxygen atoms in total. The molecule has 0 saturated carbocycles. The molecule has 0 aliphatic rings. The lowest BCUT2D eigenvalue weighted by Crippen LogP contribution is -1.88. The van der Waals surface area contributed by atoms with Crippen LogP contribution in [0.2, 0.25) is 5.22 Å². The minimum absolute atomic E-state index is 0.293. The summed E-state index contributed by atoms with van der Waals surface area (Å²) in [5.41, 5.74) is 1.07. The van der Waals surface area contributed by atoms with E-state index in [1.165, 1.54) is 10.1 Å². The van der Waals surface area contributed by atoms with Crippen molar-refractivity contribution in [2.75, 3.05) is 0 Å². The molecule has 2 heterocycles. The summed E-state index contributed by atoms with van der Waals surface area (Å²) in [6.45, 7) is 0. The molecule has 1 aromatic carbocycles. The summed E-state index contributed by atoms with van der Waals surface area (Å²) in [4.78, 5) is 0. The molecule has 0 aliphatic heterocycles. The predicted molar refractivity (Wildman–Crippen MR) is 73.2 cm³/mol. The van der Waals surface area contributed by atoms with Crippen molar-refractivity contribution in [2.24, 2.45) is 0 Å². The summed E-state index contributed by atoms with van der Waals surface area (Å²) >= 11 is 13.9. The number of furan rings is 1. The van der Waals surface area contributed by atoms with Crippen molar-refractivity contribution < 1.29 is 4.42 Å². The molecule has 0 amide bonds. The van der Waals surface area contributed by atoms with Crippen LogP contribution in [0.15, 0.2) is 46.2 Å². The molecule has 2 aromatic heterocycles. The fraction of sp³-hybridized carbons (Fsp3) is 0.0769. The summed E-state index contributed by atoms with van der Waals surface area (Å²) in [5, 5.41) is 3.31. The van der Waals surface area contributed by atoms with E-state index >= 15 is 0 Å². The number of alkyl halides is 1. The Hall–Kier alpha value is -0.960. The highest BCUT2D eigenvalue weighted by Crippen LogP contribution is 2.38. The van der Waals surface area contributed by atoms with Crippen LogP contribution >= 0.6 is 34.5 Å². The Kier molecular flexibility index (Phi) is 2.87. The summed E-state index contributed by atoms with van der Waals surface area (Å²) in [5.74, 6) is 0.681. The maximum Gasteiger partial charge on any atom is 0.193 e. The van der Waals surface area contributed by atoms with Crippen LogP contribution in [-0.2, 0) is 0 Å². The molecule has 0 fully saturated rings. The first-order chi connectivity index (χ1) is 8.25. The molecule has 3 aromatic rings. The summed E-state index contributed by atoms with van der Waals surface area (Å²) in [6.07, 6.45) is 0. The fourth-order valence-corrected chi connectivity index (χ4v) is 3.32. The summed E-state index contributed by atoms with van der Waals surface area (Å²) in [7, 11) is 0. The maximum atomic E-state index is 6.42. The number of benzene rings is 1. The Morgan fingerprint density at radius 3 is 2.71 bits per heavy atom. The minimum Gasteiger partial charge on any atom is -0.448 e. The van der Waals surface area contributed by atoms with Crippen LogP contribution in [0.4, 0.5) is 0 Å². The second kappa shape index (κ2) is 4.37. The van der Waals surface area contributed by atoms with Crippen molar-refractivity contribution in [1.29, 1.82) is 0 Å². The van der Waals surface area contributed by atoms with E-state index < -0.39 is 0 Å². The molecule has 0 saturated heterocycles. The minimum atomic E-state index is -0.293. The van der Waals surface area contributed by atoms with Gasteiger partial charge in [0.2, 0.25) is 0 Å². The average Bonchev–Trinajstić information content (AvgIpc) is 2.94. The molecule has 3 rings (SSSR count). The molecule has 4 heteroatoms. The Morgan fingerprint density at radius 1 is 1.12 bits per heavy atom.